The van der Waals surface area contributed by atoms with Gasteiger partial charge in [0, 0.05) is 6.54 Å². The Kier molecular flexibility index (Phi) is 5.49. The molecule has 0 N–H and O–H groups in total. The number of likely N-dealkylation sites (N-methyl/N-ethyl adjacent to an activating group) is 1. The first-order valence-electron chi connectivity index (χ1n) is 7.68. The Hall–Kier alpha value is -2.10. The summed E-state index contributed by atoms with van der Waals surface area (Å²) in [6, 6.07) is 10.4. The van der Waals surface area contributed by atoms with Gasteiger partial charge in [0.15, 0.2) is 5.17 Å². The third kappa shape index (κ3) is 3.84. The zero-order chi connectivity index (χ0) is 18.7. The van der Waals surface area contributed by atoms with Crippen LogP contribution in [0.25, 0.3) is 6.08 Å². The van der Waals surface area contributed by atoms with Gasteiger partial charge >= 0.3 is 0 Å². The number of carbonyl (C=O) groups excluding carboxylic acids is 1. The molecule has 1 aromatic heterocycles. The molecule has 0 unspecified atom stereocenters. The second kappa shape index (κ2) is 7.65. The van der Waals surface area contributed by atoms with Crippen molar-refractivity contribution < 1.29 is 17.9 Å². The van der Waals surface area contributed by atoms with E-state index in [0.29, 0.717) is 11.4 Å². The Labute approximate surface area is 160 Å². The third-order valence-electron chi connectivity index (χ3n) is 3.57. The number of sulfonamides is 1. The van der Waals surface area contributed by atoms with E-state index in [0.717, 1.165) is 34.4 Å². The number of hydrogen-bond acceptors (Lipinski definition) is 6. The van der Waals surface area contributed by atoms with Crippen molar-refractivity contribution in [2.24, 2.45) is 4.40 Å². The van der Waals surface area contributed by atoms with E-state index in [-0.39, 0.29) is 15.3 Å². The number of nitrogens with zero attached hydrogens (tertiary/aromatic N) is 2. The van der Waals surface area contributed by atoms with Gasteiger partial charge in [-0.1, -0.05) is 18.2 Å². The SMILES string of the molecule is CCN1C(=O)C(=Cc2ccc(OC)cc2)SC1=NS(=O)(=O)c1cccs1. The van der Waals surface area contributed by atoms with Gasteiger partial charge in [-0.25, -0.2) is 0 Å². The first-order valence-corrected chi connectivity index (χ1v) is 10.8. The molecule has 0 radical (unpaired) electrons. The van der Waals surface area contributed by atoms with Gasteiger partial charge in [0.1, 0.15) is 9.96 Å². The monoisotopic (exact) mass is 408 g/mol. The molecule has 136 valence electrons. The molecular formula is C17H16N2O4S3. The molecule has 1 saturated heterocycles. The van der Waals surface area contributed by atoms with Crippen molar-refractivity contribution >= 4 is 50.3 Å². The van der Waals surface area contributed by atoms with Crippen molar-refractivity contribution in [2.75, 3.05) is 13.7 Å². The normalized spacial score (nSPS) is 18.1. The highest BCUT2D eigenvalue weighted by Crippen LogP contribution is 2.34. The van der Waals surface area contributed by atoms with Crippen LogP contribution in [0.2, 0.25) is 0 Å². The number of rotatable bonds is 5. The van der Waals surface area contributed by atoms with Crippen LogP contribution >= 0.6 is 23.1 Å². The molecular weight excluding hydrogens is 392 g/mol. The molecule has 1 amide bonds. The highest BCUT2D eigenvalue weighted by Gasteiger charge is 2.34. The number of carbonyl (C=O) groups is 1. The van der Waals surface area contributed by atoms with Crippen molar-refractivity contribution in [3.05, 3.63) is 52.2 Å². The maximum absolute atomic E-state index is 12.6. The number of thioether (sulfide) groups is 1. The van der Waals surface area contributed by atoms with Crippen LogP contribution in [0.5, 0.6) is 5.75 Å². The predicted molar refractivity (Wildman–Crippen MR) is 105 cm³/mol. The van der Waals surface area contributed by atoms with Crippen LogP contribution in [0.15, 0.2) is 55.3 Å². The van der Waals surface area contributed by atoms with Gasteiger partial charge in [-0.3, -0.25) is 9.69 Å². The van der Waals surface area contributed by atoms with E-state index < -0.39 is 10.0 Å². The summed E-state index contributed by atoms with van der Waals surface area (Å²) in [5.74, 6) is 0.463. The van der Waals surface area contributed by atoms with Crippen LogP contribution < -0.4 is 4.74 Å². The average molecular weight is 409 g/mol. The van der Waals surface area contributed by atoms with Crippen molar-refractivity contribution in [3.63, 3.8) is 0 Å². The maximum Gasteiger partial charge on any atom is 0.294 e. The van der Waals surface area contributed by atoms with Gasteiger partial charge in [0.2, 0.25) is 0 Å². The minimum absolute atomic E-state index is 0.154. The number of amidine groups is 1. The lowest BCUT2D eigenvalue weighted by atomic mass is 10.2. The molecule has 0 bridgehead atoms. The lowest BCUT2D eigenvalue weighted by Crippen LogP contribution is -2.29. The summed E-state index contributed by atoms with van der Waals surface area (Å²) in [6.45, 7) is 2.12. The minimum atomic E-state index is -3.82. The number of benzene rings is 1. The molecule has 0 saturated carbocycles. The summed E-state index contributed by atoms with van der Waals surface area (Å²) in [4.78, 5) is 14.4. The average Bonchev–Trinajstić information content (AvgIpc) is 3.25. The summed E-state index contributed by atoms with van der Waals surface area (Å²) in [7, 11) is -2.24. The van der Waals surface area contributed by atoms with E-state index in [1.54, 1.807) is 43.7 Å². The molecule has 6 nitrogen and oxygen atoms in total. The highest BCUT2D eigenvalue weighted by molar-refractivity contribution is 8.19. The summed E-state index contributed by atoms with van der Waals surface area (Å²) in [6.07, 6.45) is 1.72. The maximum atomic E-state index is 12.6. The van der Waals surface area contributed by atoms with Crippen LogP contribution in [-0.4, -0.2) is 38.0 Å². The van der Waals surface area contributed by atoms with E-state index in [2.05, 4.69) is 4.40 Å². The molecule has 26 heavy (non-hydrogen) atoms. The second-order valence-electron chi connectivity index (χ2n) is 5.21. The van der Waals surface area contributed by atoms with Gasteiger partial charge in [-0.15, -0.1) is 15.7 Å². The largest absolute Gasteiger partial charge is 0.497 e. The van der Waals surface area contributed by atoms with Crippen LogP contribution in [-0.2, 0) is 14.8 Å². The first kappa shape index (κ1) is 18.7. The standard InChI is InChI=1S/C17H16N2O4S3/c1-3-19-16(20)14(11-12-6-8-13(23-2)9-7-12)25-17(19)18-26(21,22)15-5-4-10-24-15/h4-11H,3H2,1-2H3. The summed E-state index contributed by atoms with van der Waals surface area (Å²) in [5.41, 5.74) is 0.820. The van der Waals surface area contributed by atoms with Crippen molar-refractivity contribution in [1.82, 2.24) is 4.90 Å². The fraction of sp³-hybridized carbons (Fsp3) is 0.176. The Morgan fingerprint density at radius 3 is 2.54 bits per heavy atom. The number of methoxy groups -OCH3 is 1. The van der Waals surface area contributed by atoms with E-state index >= 15 is 0 Å². The van der Waals surface area contributed by atoms with E-state index in [9.17, 15) is 13.2 Å². The Morgan fingerprint density at radius 1 is 1.23 bits per heavy atom. The Bertz CT molecular complexity index is 962. The molecule has 1 aromatic carbocycles. The quantitative estimate of drug-likeness (QED) is 0.709. The van der Waals surface area contributed by atoms with Crippen LogP contribution in [0.1, 0.15) is 12.5 Å². The molecule has 1 aliphatic heterocycles. The zero-order valence-corrected chi connectivity index (χ0v) is 16.5. The lowest BCUT2D eigenvalue weighted by Gasteiger charge is -2.11. The van der Waals surface area contributed by atoms with E-state index in [1.807, 2.05) is 12.1 Å². The molecule has 3 rings (SSSR count). The van der Waals surface area contributed by atoms with Crippen LogP contribution in [0.4, 0.5) is 0 Å². The number of amides is 1. The topological polar surface area (TPSA) is 76.0 Å². The molecule has 1 fully saturated rings. The Balaban J connectivity index is 1.93. The van der Waals surface area contributed by atoms with Crippen LogP contribution in [0.3, 0.4) is 0 Å². The summed E-state index contributed by atoms with van der Waals surface area (Å²) < 4.78 is 33.9. The van der Waals surface area contributed by atoms with Gasteiger partial charge in [0.05, 0.1) is 12.0 Å². The minimum Gasteiger partial charge on any atom is -0.497 e. The molecule has 0 spiro atoms. The molecule has 2 heterocycles. The smallest absolute Gasteiger partial charge is 0.294 e. The van der Waals surface area contributed by atoms with E-state index in [1.165, 1.54) is 11.0 Å². The summed E-state index contributed by atoms with van der Waals surface area (Å²) in [5, 5.41) is 1.85. The summed E-state index contributed by atoms with van der Waals surface area (Å²) >= 11 is 2.16. The highest BCUT2D eigenvalue weighted by atomic mass is 32.2. The molecule has 9 heteroatoms. The van der Waals surface area contributed by atoms with Gasteiger partial charge in [-0.05, 0) is 53.9 Å². The molecule has 0 atom stereocenters. The van der Waals surface area contributed by atoms with Gasteiger partial charge < -0.3 is 4.74 Å². The number of ether oxygens (including phenoxy) is 1. The Morgan fingerprint density at radius 2 is 1.96 bits per heavy atom. The molecule has 1 aliphatic rings. The number of hydrogen-bond donors (Lipinski definition) is 0. The fourth-order valence-corrected chi connectivity index (χ4v) is 5.48. The second-order valence-corrected chi connectivity index (χ2v) is 9.00. The third-order valence-corrected chi connectivity index (χ3v) is 7.33. The lowest BCUT2D eigenvalue weighted by molar-refractivity contribution is -0.122. The van der Waals surface area contributed by atoms with Crippen molar-refractivity contribution in [2.45, 2.75) is 11.1 Å². The molecule has 2 aromatic rings. The van der Waals surface area contributed by atoms with Crippen molar-refractivity contribution in [3.8, 4) is 5.75 Å². The van der Waals surface area contributed by atoms with E-state index in [4.69, 9.17) is 4.74 Å². The fourth-order valence-electron chi connectivity index (χ4n) is 2.26. The zero-order valence-electron chi connectivity index (χ0n) is 14.1. The van der Waals surface area contributed by atoms with Gasteiger partial charge in [-0.2, -0.15) is 8.42 Å². The van der Waals surface area contributed by atoms with Crippen molar-refractivity contribution in [1.29, 1.82) is 0 Å². The predicted octanol–water partition coefficient (Wildman–Crippen LogP) is 3.44. The van der Waals surface area contributed by atoms with Gasteiger partial charge in [0.25, 0.3) is 15.9 Å². The number of thiophene rings is 1. The first-order chi connectivity index (χ1) is 12.4. The van der Waals surface area contributed by atoms with Crippen LogP contribution in [0, 0.1) is 0 Å². The molecule has 0 aliphatic carbocycles.